The Kier molecular flexibility index (Phi) is 5.85. The maximum atomic E-state index is 13.5. The van der Waals surface area contributed by atoms with Gasteiger partial charge in [-0.05, 0) is 49.9 Å². The molecule has 1 saturated carbocycles. The first kappa shape index (κ1) is 20.6. The van der Waals surface area contributed by atoms with E-state index in [2.05, 4.69) is 20.2 Å². The maximum Gasteiger partial charge on any atom is 0.268 e. The Morgan fingerprint density at radius 3 is 2.62 bits per heavy atom. The van der Waals surface area contributed by atoms with Crippen molar-refractivity contribution in [3.63, 3.8) is 0 Å². The Bertz CT molecular complexity index is 1080. The molecule has 8 heteroatoms. The van der Waals surface area contributed by atoms with E-state index in [0.717, 1.165) is 49.1 Å². The van der Waals surface area contributed by atoms with E-state index in [1.807, 2.05) is 18.2 Å². The molecular formula is C24H27N5O3. The highest BCUT2D eigenvalue weighted by Crippen LogP contribution is 2.37. The van der Waals surface area contributed by atoms with Crippen molar-refractivity contribution in [3.8, 4) is 5.88 Å². The molecule has 0 aromatic carbocycles. The average molecular weight is 434 g/mol. The van der Waals surface area contributed by atoms with E-state index < -0.39 is 5.60 Å². The molecule has 0 atom stereocenters. The third kappa shape index (κ3) is 4.23. The quantitative estimate of drug-likeness (QED) is 0.658. The zero-order valence-corrected chi connectivity index (χ0v) is 18.0. The number of nitrogens with one attached hydrogen (secondary N) is 1. The molecule has 0 unspecified atom stereocenters. The van der Waals surface area contributed by atoms with Crippen LogP contribution in [0.4, 0.5) is 11.5 Å². The van der Waals surface area contributed by atoms with Crippen molar-refractivity contribution < 1.29 is 14.3 Å². The first-order chi connectivity index (χ1) is 15.7. The molecule has 5 rings (SSSR count). The van der Waals surface area contributed by atoms with Gasteiger partial charge in [0.05, 0.1) is 24.1 Å². The number of pyridine rings is 3. The third-order valence-corrected chi connectivity index (χ3v) is 6.19. The van der Waals surface area contributed by atoms with E-state index in [9.17, 15) is 4.79 Å². The Morgan fingerprint density at radius 2 is 1.84 bits per heavy atom. The molecule has 0 spiro atoms. The highest BCUT2D eigenvalue weighted by Gasteiger charge is 2.43. The molecular weight excluding hydrogens is 406 g/mol. The predicted molar refractivity (Wildman–Crippen MR) is 122 cm³/mol. The van der Waals surface area contributed by atoms with Gasteiger partial charge in [0.25, 0.3) is 5.91 Å². The average Bonchev–Trinajstić information content (AvgIpc) is 2.86. The van der Waals surface area contributed by atoms with Gasteiger partial charge in [-0.2, -0.15) is 4.98 Å². The number of rotatable bonds is 5. The molecule has 2 fully saturated rings. The first-order valence-electron chi connectivity index (χ1n) is 11.2. The summed E-state index contributed by atoms with van der Waals surface area (Å²) in [7, 11) is 0. The number of amides is 1. The second kappa shape index (κ2) is 9.08. The van der Waals surface area contributed by atoms with E-state index in [-0.39, 0.29) is 5.91 Å². The number of hydrogen-bond donors (Lipinski definition) is 1. The first-order valence-corrected chi connectivity index (χ1v) is 11.2. The van der Waals surface area contributed by atoms with Gasteiger partial charge in [-0.3, -0.25) is 14.8 Å². The minimum atomic E-state index is -0.971. The van der Waals surface area contributed by atoms with Crippen LogP contribution in [-0.2, 0) is 9.53 Å². The zero-order chi connectivity index (χ0) is 21.8. The summed E-state index contributed by atoms with van der Waals surface area (Å²) in [4.78, 5) is 29.1. The largest absolute Gasteiger partial charge is 0.460 e. The highest BCUT2D eigenvalue weighted by molar-refractivity contribution is 5.98. The third-order valence-electron chi connectivity index (χ3n) is 6.19. The highest BCUT2D eigenvalue weighted by atomic mass is 16.5. The van der Waals surface area contributed by atoms with Crippen molar-refractivity contribution in [1.82, 2.24) is 15.0 Å². The van der Waals surface area contributed by atoms with Crippen LogP contribution in [0.1, 0.15) is 32.1 Å². The fourth-order valence-electron chi connectivity index (χ4n) is 4.43. The summed E-state index contributed by atoms with van der Waals surface area (Å²) in [6.07, 6.45) is 9.35. The van der Waals surface area contributed by atoms with Gasteiger partial charge in [-0.15, -0.1) is 0 Å². The van der Waals surface area contributed by atoms with Gasteiger partial charge in [-0.1, -0.05) is 6.42 Å². The second-order valence-electron chi connectivity index (χ2n) is 8.30. The van der Waals surface area contributed by atoms with Crippen molar-refractivity contribution in [1.29, 1.82) is 0 Å². The number of ether oxygens (including phenoxy) is 2. The number of nitrogens with zero attached hydrogens (tertiary/aromatic N) is 4. The molecule has 1 N–H and O–H groups in total. The predicted octanol–water partition coefficient (Wildman–Crippen LogP) is 3.58. The fourth-order valence-corrected chi connectivity index (χ4v) is 4.43. The number of carbonyl (C=O) groups excluding carboxylic acids is 1. The van der Waals surface area contributed by atoms with E-state index in [1.165, 1.54) is 0 Å². The molecule has 0 bridgehead atoms. The smallest absolute Gasteiger partial charge is 0.268 e. The number of hydrogen-bond acceptors (Lipinski definition) is 7. The van der Waals surface area contributed by atoms with Crippen LogP contribution in [0.15, 0.2) is 48.9 Å². The van der Waals surface area contributed by atoms with Gasteiger partial charge in [0.2, 0.25) is 5.88 Å². The van der Waals surface area contributed by atoms with Gasteiger partial charge in [0, 0.05) is 43.4 Å². The topological polar surface area (TPSA) is 89.5 Å². The molecule has 4 heterocycles. The van der Waals surface area contributed by atoms with Gasteiger partial charge in [-0.25, -0.2) is 0 Å². The molecule has 1 aliphatic carbocycles. The summed E-state index contributed by atoms with van der Waals surface area (Å²) in [5.41, 5.74) is 0.542. The van der Waals surface area contributed by atoms with Crippen LogP contribution < -0.4 is 15.0 Å². The molecule has 166 valence electrons. The Morgan fingerprint density at radius 1 is 1.06 bits per heavy atom. The van der Waals surface area contributed by atoms with Crippen molar-refractivity contribution in [2.24, 2.45) is 0 Å². The monoisotopic (exact) mass is 433 g/mol. The lowest BCUT2D eigenvalue weighted by Gasteiger charge is -2.36. The summed E-state index contributed by atoms with van der Waals surface area (Å²) in [6.45, 7) is 2.85. The normalized spacial score (nSPS) is 18.3. The lowest BCUT2D eigenvalue weighted by atomic mass is 9.83. The summed E-state index contributed by atoms with van der Waals surface area (Å²) >= 11 is 0. The second-order valence-corrected chi connectivity index (χ2v) is 8.30. The number of aromatic nitrogens is 3. The van der Waals surface area contributed by atoms with Crippen LogP contribution in [-0.4, -0.2) is 52.8 Å². The van der Waals surface area contributed by atoms with Gasteiger partial charge in [0.1, 0.15) is 5.82 Å². The van der Waals surface area contributed by atoms with E-state index >= 15 is 0 Å². The lowest BCUT2D eigenvalue weighted by Crippen LogP contribution is -2.49. The van der Waals surface area contributed by atoms with Crippen LogP contribution in [0, 0.1) is 0 Å². The minimum Gasteiger partial charge on any atom is -0.460 e. The number of morpholine rings is 1. The molecule has 1 aliphatic heterocycles. The molecule has 1 amide bonds. The minimum absolute atomic E-state index is 0.140. The standard InChI is InChI=1S/C24H27N5O3/c30-23(27-18-6-11-25-12-7-18)24(8-2-1-3-9-24)32-22-19-5-4-10-26-20(19)17-21(28-22)29-13-15-31-16-14-29/h4-7,10-12,17H,1-3,8-9,13-16H2,(H,25,27,30). The van der Waals surface area contributed by atoms with Crippen LogP contribution >= 0.6 is 0 Å². The van der Waals surface area contributed by atoms with Gasteiger partial charge < -0.3 is 19.7 Å². The SMILES string of the molecule is O=C(Nc1ccncc1)C1(Oc2nc(N3CCOCC3)cc3ncccc23)CCCCC1. The van der Waals surface area contributed by atoms with E-state index in [1.54, 1.807) is 30.7 Å². The molecule has 3 aromatic rings. The van der Waals surface area contributed by atoms with Crippen LogP contribution in [0.5, 0.6) is 5.88 Å². The van der Waals surface area contributed by atoms with Crippen LogP contribution in [0.3, 0.4) is 0 Å². The number of anilines is 2. The maximum absolute atomic E-state index is 13.5. The molecule has 32 heavy (non-hydrogen) atoms. The van der Waals surface area contributed by atoms with Gasteiger partial charge in [0.15, 0.2) is 5.60 Å². The Hall–Kier alpha value is -3.26. The summed E-state index contributed by atoms with van der Waals surface area (Å²) in [6, 6.07) is 9.37. The van der Waals surface area contributed by atoms with E-state index in [0.29, 0.717) is 37.6 Å². The molecule has 1 saturated heterocycles. The molecule has 3 aromatic heterocycles. The number of carbonyl (C=O) groups is 1. The summed E-state index contributed by atoms with van der Waals surface area (Å²) in [5.74, 6) is 1.12. The lowest BCUT2D eigenvalue weighted by molar-refractivity contribution is -0.134. The van der Waals surface area contributed by atoms with Gasteiger partial charge >= 0.3 is 0 Å². The molecule has 8 nitrogen and oxygen atoms in total. The Balaban J connectivity index is 1.51. The Labute approximate surface area is 187 Å². The molecule has 2 aliphatic rings. The van der Waals surface area contributed by atoms with Crippen molar-refractivity contribution in [2.75, 3.05) is 36.5 Å². The number of fused-ring (bicyclic) bond motifs is 1. The summed E-state index contributed by atoms with van der Waals surface area (Å²) in [5, 5.41) is 3.84. The van der Waals surface area contributed by atoms with E-state index in [4.69, 9.17) is 14.5 Å². The fraction of sp³-hybridized carbons (Fsp3) is 0.417. The van der Waals surface area contributed by atoms with Crippen LogP contribution in [0.25, 0.3) is 10.9 Å². The van der Waals surface area contributed by atoms with Crippen molar-refractivity contribution in [3.05, 3.63) is 48.9 Å². The summed E-state index contributed by atoms with van der Waals surface area (Å²) < 4.78 is 12.1. The van der Waals surface area contributed by atoms with Crippen LogP contribution in [0.2, 0.25) is 0 Å². The molecule has 0 radical (unpaired) electrons. The van der Waals surface area contributed by atoms with Crippen molar-refractivity contribution in [2.45, 2.75) is 37.7 Å². The van der Waals surface area contributed by atoms with Crippen molar-refractivity contribution >= 4 is 28.3 Å². The zero-order valence-electron chi connectivity index (χ0n) is 18.0.